The summed E-state index contributed by atoms with van der Waals surface area (Å²) in [4.78, 5) is 16.9. The van der Waals surface area contributed by atoms with Crippen LogP contribution < -0.4 is 10.0 Å². The van der Waals surface area contributed by atoms with Crippen molar-refractivity contribution < 1.29 is 13.2 Å². The molecule has 4 rings (SSSR count). The van der Waals surface area contributed by atoms with Crippen molar-refractivity contribution in [3.8, 4) is 11.1 Å². The minimum absolute atomic E-state index is 0.164. The van der Waals surface area contributed by atoms with E-state index in [9.17, 15) is 13.2 Å². The van der Waals surface area contributed by atoms with E-state index in [1.165, 1.54) is 18.4 Å². The number of hydrogen-bond acceptors (Lipinski definition) is 4. The van der Waals surface area contributed by atoms with Crippen molar-refractivity contribution in [1.82, 2.24) is 4.98 Å². The average molecular weight is 407 g/mol. The Hall–Kier alpha value is -3.19. The number of benzene rings is 2. The summed E-state index contributed by atoms with van der Waals surface area (Å²) in [6, 6.07) is 18.6. The van der Waals surface area contributed by atoms with Crippen LogP contribution in [-0.2, 0) is 10.0 Å². The average Bonchev–Trinajstić information content (AvgIpc) is 3.53. The fourth-order valence-electron chi connectivity index (χ4n) is 3.21. The molecule has 3 aromatic rings. The molecule has 1 aromatic heterocycles. The molecular formula is C22H21N3O3S. The van der Waals surface area contributed by atoms with E-state index < -0.39 is 10.0 Å². The van der Waals surface area contributed by atoms with E-state index in [1.54, 1.807) is 30.5 Å². The summed E-state index contributed by atoms with van der Waals surface area (Å²) >= 11 is 0. The number of carbonyl (C=O) groups is 1. The zero-order chi connectivity index (χ0) is 20.4. The lowest BCUT2D eigenvalue weighted by Crippen LogP contribution is -2.13. The van der Waals surface area contributed by atoms with Gasteiger partial charge in [0.2, 0.25) is 10.0 Å². The predicted octanol–water partition coefficient (Wildman–Crippen LogP) is 4.25. The number of rotatable bonds is 6. The van der Waals surface area contributed by atoms with E-state index in [0.29, 0.717) is 11.5 Å². The zero-order valence-electron chi connectivity index (χ0n) is 15.9. The summed E-state index contributed by atoms with van der Waals surface area (Å²) in [6.45, 7) is 0. The molecule has 7 heteroatoms. The van der Waals surface area contributed by atoms with Gasteiger partial charge in [0.1, 0.15) is 5.82 Å². The third kappa shape index (κ3) is 4.81. The van der Waals surface area contributed by atoms with Crippen LogP contribution in [0.4, 0.5) is 11.5 Å². The Morgan fingerprint density at radius 2 is 1.79 bits per heavy atom. The summed E-state index contributed by atoms with van der Waals surface area (Å²) in [7, 11) is -3.37. The Bertz CT molecular complexity index is 1150. The summed E-state index contributed by atoms with van der Waals surface area (Å²) in [5.41, 5.74) is 4.22. The third-order valence-corrected chi connectivity index (χ3v) is 5.32. The molecule has 0 saturated heterocycles. The molecule has 0 unspecified atom stereocenters. The number of para-hydroxylation sites is 1. The number of nitrogens with zero attached hydrogens (tertiary/aromatic N) is 1. The van der Waals surface area contributed by atoms with Gasteiger partial charge in [0, 0.05) is 23.0 Å². The largest absolute Gasteiger partial charge is 0.322 e. The first-order valence-corrected chi connectivity index (χ1v) is 11.2. The molecule has 1 heterocycles. The van der Waals surface area contributed by atoms with Crippen LogP contribution in [0.25, 0.3) is 11.1 Å². The molecule has 2 N–H and O–H groups in total. The van der Waals surface area contributed by atoms with Gasteiger partial charge in [-0.15, -0.1) is 0 Å². The van der Waals surface area contributed by atoms with Crippen molar-refractivity contribution in [1.29, 1.82) is 0 Å². The van der Waals surface area contributed by atoms with E-state index in [0.717, 1.165) is 23.1 Å². The lowest BCUT2D eigenvalue weighted by atomic mass is 10.0. The molecule has 2 aromatic carbocycles. The SMILES string of the molecule is CS(=O)(=O)Nc1ccc(-c2cccc(C(=O)Nc3ccccc3C3CC3)c2)cn1. The van der Waals surface area contributed by atoms with Crippen LogP contribution in [0.15, 0.2) is 66.9 Å². The molecule has 0 aliphatic heterocycles. The highest BCUT2D eigenvalue weighted by molar-refractivity contribution is 7.92. The topological polar surface area (TPSA) is 88.2 Å². The van der Waals surface area contributed by atoms with Gasteiger partial charge in [0.15, 0.2) is 0 Å². The van der Waals surface area contributed by atoms with E-state index in [4.69, 9.17) is 0 Å². The Labute approximate surface area is 170 Å². The van der Waals surface area contributed by atoms with Crippen LogP contribution in [0.1, 0.15) is 34.7 Å². The first-order valence-electron chi connectivity index (χ1n) is 9.33. The molecular weight excluding hydrogens is 386 g/mol. The number of pyridine rings is 1. The lowest BCUT2D eigenvalue weighted by molar-refractivity contribution is 0.102. The van der Waals surface area contributed by atoms with Crippen LogP contribution in [0.2, 0.25) is 0 Å². The van der Waals surface area contributed by atoms with Gasteiger partial charge in [-0.3, -0.25) is 9.52 Å². The molecule has 1 aliphatic rings. The Morgan fingerprint density at radius 1 is 1.00 bits per heavy atom. The second-order valence-corrected chi connectivity index (χ2v) is 8.95. The van der Waals surface area contributed by atoms with Crippen LogP contribution in [0.3, 0.4) is 0 Å². The Balaban J connectivity index is 1.53. The molecule has 0 bridgehead atoms. The third-order valence-electron chi connectivity index (χ3n) is 4.74. The first kappa shape index (κ1) is 19.1. The summed E-state index contributed by atoms with van der Waals surface area (Å²) in [5, 5.41) is 3.03. The zero-order valence-corrected chi connectivity index (χ0v) is 16.7. The van der Waals surface area contributed by atoms with Crippen molar-refractivity contribution in [3.63, 3.8) is 0 Å². The standard InChI is InChI=1S/C22H21N3O3S/c1-29(27,28)25-21-12-11-18(14-23-21)16-5-4-6-17(13-16)22(26)24-20-8-3-2-7-19(20)15-9-10-15/h2-8,11-15H,9-10H2,1H3,(H,23,25)(H,24,26). The van der Waals surface area contributed by atoms with E-state index in [1.807, 2.05) is 30.3 Å². The van der Waals surface area contributed by atoms with Gasteiger partial charge in [0.25, 0.3) is 5.91 Å². The van der Waals surface area contributed by atoms with Crippen LogP contribution >= 0.6 is 0 Å². The van der Waals surface area contributed by atoms with Crippen molar-refractivity contribution in [2.45, 2.75) is 18.8 Å². The van der Waals surface area contributed by atoms with Crippen LogP contribution in [0, 0.1) is 0 Å². The minimum Gasteiger partial charge on any atom is -0.322 e. The molecule has 1 amide bonds. The summed E-state index contributed by atoms with van der Waals surface area (Å²) in [5.74, 6) is 0.632. The lowest BCUT2D eigenvalue weighted by Gasteiger charge is -2.11. The molecule has 1 fully saturated rings. The minimum atomic E-state index is -3.37. The van der Waals surface area contributed by atoms with Gasteiger partial charge < -0.3 is 5.32 Å². The van der Waals surface area contributed by atoms with Crippen molar-refractivity contribution in [3.05, 3.63) is 78.0 Å². The smallest absolute Gasteiger partial charge is 0.255 e. The van der Waals surface area contributed by atoms with E-state index in [2.05, 4.69) is 21.1 Å². The van der Waals surface area contributed by atoms with Gasteiger partial charge in [-0.05, 0) is 60.2 Å². The maximum Gasteiger partial charge on any atom is 0.255 e. The second-order valence-electron chi connectivity index (χ2n) is 7.20. The highest BCUT2D eigenvalue weighted by Crippen LogP contribution is 2.43. The maximum absolute atomic E-state index is 12.8. The molecule has 6 nitrogen and oxygen atoms in total. The van der Waals surface area contributed by atoms with Crippen LogP contribution in [-0.4, -0.2) is 25.6 Å². The van der Waals surface area contributed by atoms with E-state index in [-0.39, 0.29) is 11.7 Å². The van der Waals surface area contributed by atoms with Crippen molar-refractivity contribution >= 4 is 27.4 Å². The van der Waals surface area contributed by atoms with Crippen LogP contribution in [0.5, 0.6) is 0 Å². The van der Waals surface area contributed by atoms with Gasteiger partial charge in [-0.2, -0.15) is 0 Å². The molecule has 0 radical (unpaired) electrons. The highest BCUT2D eigenvalue weighted by atomic mass is 32.2. The van der Waals surface area contributed by atoms with Crippen molar-refractivity contribution in [2.75, 3.05) is 16.3 Å². The number of carbonyl (C=O) groups excluding carboxylic acids is 1. The summed E-state index contributed by atoms with van der Waals surface area (Å²) in [6.07, 6.45) is 4.98. The van der Waals surface area contributed by atoms with Gasteiger partial charge in [-0.1, -0.05) is 30.3 Å². The number of nitrogens with one attached hydrogen (secondary N) is 2. The second kappa shape index (κ2) is 7.67. The molecule has 1 aliphatic carbocycles. The number of amides is 1. The van der Waals surface area contributed by atoms with Gasteiger partial charge in [0.05, 0.1) is 6.26 Å². The Kier molecular flexibility index (Phi) is 5.07. The molecule has 29 heavy (non-hydrogen) atoms. The Morgan fingerprint density at radius 3 is 2.48 bits per heavy atom. The van der Waals surface area contributed by atoms with Gasteiger partial charge >= 0.3 is 0 Å². The molecule has 0 spiro atoms. The highest BCUT2D eigenvalue weighted by Gasteiger charge is 2.26. The maximum atomic E-state index is 12.8. The van der Waals surface area contributed by atoms with E-state index >= 15 is 0 Å². The quantitative estimate of drug-likeness (QED) is 0.639. The monoisotopic (exact) mass is 407 g/mol. The molecule has 148 valence electrons. The predicted molar refractivity (Wildman–Crippen MR) is 115 cm³/mol. The number of aromatic nitrogens is 1. The van der Waals surface area contributed by atoms with Gasteiger partial charge in [-0.25, -0.2) is 13.4 Å². The first-order chi connectivity index (χ1) is 13.9. The number of hydrogen-bond donors (Lipinski definition) is 2. The number of sulfonamides is 1. The molecule has 0 atom stereocenters. The van der Waals surface area contributed by atoms with Crippen molar-refractivity contribution in [2.24, 2.45) is 0 Å². The number of anilines is 2. The fourth-order valence-corrected chi connectivity index (χ4v) is 3.71. The summed E-state index contributed by atoms with van der Waals surface area (Å²) < 4.78 is 24.9. The fraction of sp³-hybridized carbons (Fsp3) is 0.182. The molecule has 1 saturated carbocycles. The normalized spacial score (nSPS) is 13.7.